The minimum absolute atomic E-state index is 0. The van der Waals surface area contributed by atoms with Crippen molar-refractivity contribution in [2.45, 2.75) is 20.0 Å². The fourth-order valence-electron chi connectivity index (χ4n) is 1.31. The van der Waals surface area contributed by atoms with E-state index in [4.69, 9.17) is 10.5 Å². The van der Waals surface area contributed by atoms with Gasteiger partial charge in [-0.25, -0.2) is 9.38 Å². The highest BCUT2D eigenvalue weighted by molar-refractivity contribution is 14.0. The molecule has 3 N–H and O–H groups in total. The molecule has 1 aromatic rings. The molecule has 0 saturated carbocycles. The number of hydrogen-bond acceptors (Lipinski definition) is 2. The molecule has 0 spiro atoms. The first-order valence-corrected chi connectivity index (χ1v) is 6.07. The first-order chi connectivity index (χ1) is 8.97. The molecule has 4 nitrogen and oxygen atoms in total. The van der Waals surface area contributed by atoms with E-state index in [-0.39, 0.29) is 35.9 Å². The SMILES string of the molecule is C=C(C)CNC(N)=NCC(C)Oc1ccc(F)cc1.I. The van der Waals surface area contributed by atoms with Crippen molar-refractivity contribution in [3.05, 3.63) is 42.2 Å². The quantitative estimate of drug-likeness (QED) is 0.338. The third-order valence-electron chi connectivity index (χ3n) is 2.24. The lowest BCUT2D eigenvalue weighted by atomic mass is 10.3. The average Bonchev–Trinajstić information content (AvgIpc) is 2.36. The summed E-state index contributed by atoms with van der Waals surface area (Å²) in [5, 5.41) is 2.93. The second kappa shape index (κ2) is 9.57. The maximum Gasteiger partial charge on any atom is 0.188 e. The van der Waals surface area contributed by atoms with E-state index in [0.717, 1.165) is 5.57 Å². The topological polar surface area (TPSA) is 59.6 Å². The van der Waals surface area contributed by atoms with E-state index in [1.54, 1.807) is 12.1 Å². The second-order valence-corrected chi connectivity index (χ2v) is 4.42. The van der Waals surface area contributed by atoms with E-state index in [0.29, 0.717) is 24.8 Å². The number of hydrogen-bond donors (Lipinski definition) is 2. The zero-order valence-electron chi connectivity index (χ0n) is 11.7. The second-order valence-electron chi connectivity index (χ2n) is 4.42. The van der Waals surface area contributed by atoms with Crippen molar-refractivity contribution in [1.29, 1.82) is 0 Å². The van der Waals surface area contributed by atoms with E-state index < -0.39 is 0 Å². The van der Waals surface area contributed by atoms with Gasteiger partial charge in [-0.1, -0.05) is 12.2 Å². The van der Waals surface area contributed by atoms with Gasteiger partial charge in [0, 0.05) is 6.54 Å². The molecule has 1 rings (SSSR count). The fourth-order valence-corrected chi connectivity index (χ4v) is 1.31. The maximum absolute atomic E-state index is 12.7. The van der Waals surface area contributed by atoms with Crippen molar-refractivity contribution in [2.24, 2.45) is 10.7 Å². The molecule has 0 saturated heterocycles. The van der Waals surface area contributed by atoms with Crippen LogP contribution in [0.25, 0.3) is 0 Å². The number of nitrogens with two attached hydrogens (primary N) is 1. The number of halogens is 2. The minimum Gasteiger partial charge on any atom is -0.489 e. The Balaban J connectivity index is 0.00000361. The molecule has 0 aliphatic rings. The molecule has 1 aromatic carbocycles. The number of benzene rings is 1. The van der Waals surface area contributed by atoms with Crippen LogP contribution in [0.15, 0.2) is 41.4 Å². The number of rotatable bonds is 6. The lowest BCUT2D eigenvalue weighted by Gasteiger charge is -2.13. The summed E-state index contributed by atoms with van der Waals surface area (Å²) in [4.78, 5) is 4.15. The van der Waals surface area contributed by atoms with Crippen LogP contribution in [0.4, 0.5) is 4.39 Å². The van der Waals surface area contributed by atoms with Crippen molar-refractivity contribution < 1.29 is 9.13 Å². The van der Waals surface area contributed by atoms with Crippen LogP contribution < -0.4 is 15.8 Å². The number of nitrogens with one attached hydrogen (secondary N) is 1. The molecule has 0 amide bonds. The molecule has 0 bridgehead atoms. The molecule has 20 heavy (non-hydrogen) atoms. The van der Waals surface area contributed by atoms with Gasteiger partial charge in [-0.05, 0) is 38.1 Å². The van der Waals surface area contributed by atoms with Crippen LogP contribution in [-0.2, 0) is 0 Å². The van der Waals surface area contributed by atoms with Crippen molar-refractivity contribution in [2.75, 3.05) is 13.1 Å². The summed E-state index contributed by atoms with van der Waals surface area (Å²) >= 11 is 0. The summed E-state index contributed by atoms with van der Waals surface area (Å²) in [6.45, 7) is 8.56. The van der Waals surface area contributed by atoms with Gasteiger partial charge in [-0.2, -0.15) is 0 Å². The van der Waals surface area contributed by atoms with Crippen LogP contribution in [0.1, 0.15) is 13.8 Å². The van der Waals surface area contributed by atoms with Gasteiger partial charge in [-0.3, -0.25) is 0 Å². The Morgan fingerprint density at radius 1 is 1.45 bits per heavy atom. The van der Waals surface area contributed by atoms with Crippen LogP contribution >= 0.6 is 24.0 Å². The Morgan fingerprint density at radius 2 is 2.05 bits per heavy atom. The summed E-state index contributed by atoms with van der Waals surface area (Å²) in [7, 11) is 0. The van der Waals surface area contributed by atoms with E-state index in [9.17, 15) is 4.39 Å². The molecule has 0 aliphatic heterocycles. The van der Waals surface area contributed by atoms with Crippen molar-refractivity contribution >= 4 is 29.9 Å². The maximum atomic E-state index is 12.7. The summed E-state index contributed by atoms with van der Waals surface area (Å²) < 4.78 is 18.3. The lowest BCUT2D eigenvalue weighted by molar-refractivity contribution is 0.230. The summed E-state index contributed by atoms with van der Waals surface area (Å²) in [6.07, 6.45) is -0.143. The Bertz CT molecular complexity index is 448. The fraction of sp³-hybridized carbons (Fsp3) is 0.357. The van der Waals surface area contributed by atoms with Crippen LogP contribution in [0, 0.1) is 5.82 Å². The van der Waals surface area contributed by atoms with E-state index in [1.807, 2.05) is 13.8 Å². The molecule has 0 aromatic heterocycles. The molecule has 0 heterocycles. The Labute approximate surface area is 136 Å². The first kappa shape index (κ1) is 18.7. The normalized spacial score (nSPS) is 12.2. The van der Waals surface area contributed by atoms with E-state index in [1.165, 1.54) is 12.1 Å². The highest BCUT2D eigenvalue weighted by Gasteiger charge is 2.03. The predicted molar refractivity (Wildman–Crippen MR) is 91.2 cm³/mol. The minimum atomic E-state index is -0.286. The lowest BCUT2D eigenvalue weighted by Crippen LogP contribution is -2.33. The first-order valence-electron chi connectivity index (χ1n) is 6.07. The Kier molecular flexibility index (Phi) is 8.94. The molecule has 0 fully saturated rings. The van der Waals surface area contributed by atoms with Gasteiger partial charge in [0.1, 0.15) is 17.7 Å². The number of ether oxygens (including phenoxy) is 1. The zero-order valence-corrected chi connectivity index (χ0v) is 14.1. The largest absolute Gasteiger partial charge is 0.489 e. The molecular weight excluding hydrogens is 372 g/mol. The van der Waals surface area contributed by atoms with E-state index >= 15 is 0 Å². The van der Waals surface area contributed by atoms with Crippen molar-refractivity contribution in [1.82, 2.24) is 5.32 Å². The molecule has 6 heteroatoms. The van der Waals surface area contributed by atoms with Gasteiger partial charge in [0.15, 0.2) is 5.96 Å². The summed E-state index contributed by atoms with van der Waals surface area (Å²) in [5.41, 5.74) is 6.66. The molecule has 0 radical (unpaired) electrons. The number of aliphatic imine (C=N–C) groups is 1. The van der Waals surface area contributed by atoms with Gasteiger partial charge in [0.2, 0.25) is 0 Å². The highest BCUT2D eigenvalue weighted by atomic mass is 127. The molecule has 0 aliphatic carbocycles. The molecule has 112 valence electrons. The summed E-state index contributed by atoms with van der Waals surface area (Å²) in [6, 6.07) is 5.87. The van der Waals surface area contributed by atoms with Crippen LogP contribution in [0.2, 0.25) is 0 Å². The number of nitrogens with zero attached hydrogens (tertiary/aromatic N) is 1. The van der Waals surface area contributed by atoms with Crippen molar-refractivity contribution in [3.8, 4) is 5.75 Å². The zero-order chi connectivity index (χ0) is 14.3. The predicted octanol–water partition coefficient (Wildman–Crippen LogP) is 2.69. The Morgan fingerprint density at radius 3 is 2.60 bits per heavy atom. The van der Waals surface area contributed by atoms with Crippen LogP contribution in [0.5, 0.6) is 5.75 Å². The van der Waals surface area contributed by atoms with Gasteiger partial charge in [-0.15, -0.1) is 24.0 Å². The molecular formula is C14H21FIN3O. The van der Waals surface area contributed by atoms with Gasteiger partial charge in [0.05, 0.1) is 6.54 Å². The molecule has 1 atom stereocenters. The van der Waals surface area contributed by atoms with E-state index in [2.05, 4.69) is 16.9 Å². The van der Waals surface area contributed by atoms with Gasteiger partial charge in [0.25, 0.3) is 0 Å². The van der Waals surface area contributed by atoms with Gasteiger partial charge >= 0.3 is 0 Å². The third-order valence-corrected chi connectivity index (χ3v) is 2.24. The third kappa shape index (κ3) is 7.98. The monoisotopic (exact) mass is 393 g/mol. The van der Waals surface area contributed by atoms with Gasteiger partial charge < -0.3 is 15.8 Å². The smallest absolute Gasteiger partial charge is 0.188 e. The van der Waals surface area contributed by atoms with Crippen molar-refractivity contribution in [3.63, 3.8) is 0 Å². The Hall–Kier alpha value is -1.31. The standard InChI is InChI=1S/C14H20FN3O.HI/c1-10(2)8-17-14(16)18-9-11(3)19-13-6-4-12(15)5-7-13;/h4-7,11H,1,8-9H2,2-3H3,(H3,16,17,18);1H. The van der Waals surface area contributed by atoms with Crippen LogP contribution in [0.3, 0.4) is 0 Å². The average molecular weight is 393 g/mol. The number of guanidine groups is 1. The van der Waals surface area contributed by atoms with Crippen LogP contribution in [-0.4, -0.2) is 25.2 Å². The molecule has 1 unspecified atom stereocenters. The highest BCUT2D eigenvalue weighted by Crippen LogP contribution is 2.12. The summed E-state index contributed by atoms with van der Waals surface area (Å²) in [5.74, 6) is 0.682.